The van der Waals surface area contributed by atoms with E-state index in [-0.39, 0.29) is 61.2 Å². The van der Waals surface area contributed by atoms with Crippen LogP contribution >= 0.6 is 137 Å². The normalized spacial score (nSPS) is 9.36. The molecule has 59 heavy (non-hydrogen) atoms. The average Bonchev–Trinajstić information content (AvgIpc) is 3.15. The molecule has 25 heteroatoms. The van der Waals surface area contributed by atoms with E-state index >= 15 is 0 Å². The number of carbonyl (C=O) groups excluding carboxylic acids is 1. The van der Waals surface area contributed by atoms with Crippen molar-refractivity contribution in [3.05, 3.63) is 165 Å². The van der Waals surface area contributed by atoms with E-state index in [0.29, 0.717) is 47.6 Å². The smallest absolute Gasteiger partial charge is 1.00 e. The van der Waals surface area contributed by atoms with Crippen LogP contribution in [0.25, 0.3) is 0 Å². The molecule has 6 aromatic heterocycles. The maximum Gasteiger partial charge on any atom is 1.00 e. The number of rotatable bonds is 6. The van der Waals surface area contributed by atoms with Gasteiger partial charge in [0, 0.05) is 73.4 Å². The Kier molecular flexibility index (Phi) is 36.3. The molecule has 0 fully saturated rings. The first-order valence-electron chi connectivity index (χ1n) is 15.4. The Hall–Kier alpha value is -0.865. The Morgan fingerprint density at radius 1 is 0.763 bits per heavy atom. The van der Waals surface area contributed by atoms with E-state index in [0.717, 1.165) is 34.0 Å². The number of hydrogen-bond acceptors (Lipinski definition) is 11. The zero-order valence-corrected chi connectivity index (χ0v) is 44.9. The molecule has 6 rings (SSSR count). The third-order valence-corrected chi connectivity index (χ3v) is 8.40. The van der Waals surface area contributed by atoms with Gasteiger partial charge in [-0.1, -0.05) is 92.3 Å². The summed E-state index contributed by atoms with van der Waals surface area (Å²) in [5, 5.41) is 11.9. The number of H-pyrrole nitrogens is 3. The fourth-order valence-electron chi connectivity index (χ4n) is 3.30. The fraction of sp³-hybridized carbons (Fsp3) is 0.147. The molecule has 0 saturated carbocycles. The molecule has 0 atom stereocenters. The number of carbonyl (C=O) groups is 1. The standard InChI is InChI=1S/C11H10ClN3OS.C6H5BrClN.C6H6ClNO.C6H4ClNO.C5H6N2OS.B.Br3P.Na.H/c1-7-4-10(16)15-11(14-7)17-6-8-2-3-9(12)13-5-8;7-3-5-1-2-6(8)9-4-5;2*7-6-2-1-5(4-9)3-8-6;1-3-2-4(8)7-5(9)6-3;;1-4(2)3;;/h2-5H,6H2,1H3,(H,14,15,16);1-2,4H,3H2;1-3,9H,4H2;1-4H;2H,1H3,(H2,6,7,8,9);;;;/q;;;;;;;+1;-1. The molecule has 0 spiro atoms. The summed E-state index contributed by atoms with van der Waals surface area (Å²) in [7, 11) is 0. The Morgan fingerprint density at radius 3 is 1.59 bits per heavy atom. The molecule has 4 N–H and O–H groups in total. The van der Waals surface area contributed by atoms with Crippen LogP contribution in [0.4, 0.5) is 0 Å². The molecular weight excluding hydrogens is 1170 g/mol. The van der Waals surface area contributed by atoms with Crippen molar-refractivity contribution in [2.24, 2.45) is 0 Å². The zero-order chi connectivity index (χ0) is 42.8. The Morgan fingerprint density at radius 2 is 1.22 bits per heavy atom. The van der Waals surface area contributed by atoms with Gasteiger partial charge in [0.05, 0.1) is 6.61 Å². The van der Waals surface area contributed by atoms with Gasteiger partial charge >= 0.3 is 29.6 Å². The van der Waals surface area contributed by atoms with Crippen LogP contribution < -0.4 is 40.7 Å². The summed E-state index contributed by atoms with van der Waals surface area (Å²) in [6.07, 6.45) is 7.15. The minimum atomic E-state index is -0.183. The number of aldehydes is 1. The van der Waals surface area contributed by atoms with Gasteiger partial charge in [0.25, 0.3) is 11.1 Å². The van der Waals surface area contributed by atoms with Gasteiger partial charge in [0.2, 0.25) is 0 Å². The van der Waals surface area contributed by atoms with Crippen LogP contribution in [0.2, 0.25) is 20.6 Å². The van der Waals surface area contributed by atoms with Crippen molar-refractivity contribution in [2.45, 2.75) is 36.7 Å². The minimum Gasteiger partial charge on any atom is -1.00 e. The third kappa shape index (κ3) is 31.6. The van der Waals surface area contributed by atoms with Crippen LogP contribution in [0.5, 0.6) is 0 Å². The summed E-state index contributed by atoms with van der Waals surface area (Å²) >= 11 is 41.1. The third-order valence-electron chi connectivity index (χ3n) is 5.71. The van der Waals surface area contributed by atoms with Gasteiger partial charge in [0.1, 0.15) is 24.6 Å². The van der Waals surface area contributed by atoms with E-state index in [1.807, 2.05) is 12.1 Å². The quantitative estimate of drug-likeness (QED) is 0.0183. The van der Waals surface area contributed by atoms with Crippen molar-refractivity contribution in [3.8, 4) is 0 Å². The summed E-state index contributed by atoms with van der Waals surface area (Å²) in [6.45, 7) is 3.60. The van der Waals surface area contributed by atoms with E-state index in [2.05, 4.69) is 114 Å². The fourth-order valence-corrected chi connectivity index (χ4v) is 5.19. The predicted octanol–water partition coefficient (Wildman–Crippen LogP) is 8.70. The van der Waals surface area contributed by atoms with Crippen molar-refractivity contribution >= 4 is 152 Å². The molecule has 12 nitrogen and oxygen atoms in total. The first-order valence-corrected chi connectivity index (χ1v) is 26.8. The van der Waals surface area contributed by atoms with Crippen molar-refractivity contribution in [2.75, 3.05) is 0 Å². The van der Waals surface area contributed by atoms with E-state index < -0.39 is 0 Å². The van der Waals surface area contributed by atoms with Crippen LogP contribution in [0.1, 0.15) is 39.9 Å². The van der Waals surface area contributed by atoms with Gasteiger partial charge < -0.3 is 16.5 Å². The zero-order valence-electron chi connectivity index (χ0n) is 32.1. The summed E-state index contributed by atoms with van der Waals surface area (Å²) in [4.78, 5) is 59.2. The van der Waals surface area contributed by atoms with Crippen molar-refractivity contribution < 1.29 is 40.9 Å². The van der Waals surface area contributed by atoms with Gasteiger partial charge in [-0.2, -0.15) is 0 Å². The van der Waals surface area contributed by atoms with E-state index in [9.17, 15) is 14.4 Å². The second-order valence-electron chi connectivity index (χ2n) is 10.2. The first kappa shape index (κ1) is 60.2. The maximum atomic E-state index is 11.2. The second kappa shape index (κ2) is 35.6. The number of aliphatic hydroxyl groups excluding tert-OH is 1. The molecule has 0 bridgehead atoms. The molecule has 0 aliphatic carbocycles. The van der Waals surface area contributed by atoms with Crippen molar-refractivity contribution in [3.63, 3.8) is 0 Å². The largest absolute Gasteiger partial charge is 1.00 e. The number of alkyl halides is 1. The number of aromatic nitrogens is 8. The number of thioether (sulfide) groups is 1. The van der Waals surface area contributed by atoms with Crippen LogP contribution in [0, 0.1) is 18.6 Å². The summed E-state index contributed by atoms with van der Waals surface area (Å²) in [6, 6.07) is 16.8. The number of nitrogens with zero attached hydrogens (tertiary/aromatic N) is 5. The van der Waals surface area contributed by atoms with Gasteiger partial charge in [-0.15, -0.1) is 0 Å². The van der Waals surface area contributed by atoms with Gasteiger partial charge in [-0.3, -0.25) is 19.4 Å². The van der Waals surface area contributed by atoms with E-state index in [4.69, 9.17) is 51.5 Å². The summed E-state index contributed by atoms with van der Waals surface area (Å²) in [5.74, 6) is 0.691. The Bertz CT molecular complexity index is 2180. The molecule has 6 aromatic rings. The van der Waals surface area contributed by atoms with Crippen LogP contribution in [0.3, 0.4) is 0 Å². The summed E-state index contributed by atoms with van der Waals surface area (Å²) in [5.41, 5.74) is 4.70. The monoisotopic (exact) mass is 1200 g/mol. The Labute approximate surface area is 429 Å². The van der Waals surface area contributed by atoms with Crippen LogP contribution in [-0.4, -0.2) is 59.7 Å². The van der Waals surface area contributed by atoms with Crippen LogP contribution in [0.15, 0.2) is 100 Å². The second-order valence-corrected chi connectivity index (χ2v) is 29.0. The number of nitrogens with one attached hydrogen (secondary N) is 3. The molecule has 0 amide bonds. The number of pyridine rings is 4. The summed E-state index contributed by atoms with van der Waals surface area (Å²) < 4.78 is 0.192. The molecule has 0 saturated heterocycles. The number of halogens is 8. The van der Waals surface area contributed by atoms with Gasteiger partial charge in [0.15, 0.2) is 16.2 Å². The maximum absolute atomic E-state index is 11.2. The first-order chi connectivity index (χ1) is 27.0. The minimum absolute atomic E-state index is 0. The van der Waals surface area contributed by atoms with E-state index in [1.54, 1.807) is 68.8 Å². The number of aryl methyl sites for hydroxylation is 2. The molecule has 0 aliphatic rings. The Balaban J connectivity index is -0.000000671. The van der Waals surface area contributed by atoms with E-state index in [1.165, 1.54) is 30.1 Å². The molecule has 3 radical (unpaired) electrons. The molecule has 0 aromatic carbocycles. The molecule has 309 valence electrons. The average molecular weight is 1210 g/mol. The number of aliphatic hydroxyl groups is 1. The topological polar surface area (TPSA) is 183 Å². The van der Waals surface area contributed by atoms with Gasteiger partial charge in [-0.25, -0.2) is 24.9 Å². The molecule has 0 unspecified atom stereocenters. The van der Waals surface area contributed by atoms with Gasteiger partial charge in [-0.05, 0) is 120 Å². The molecule has 0 aliphatic heterocycles. The SMILES string of the molecule is BrP(Br)Br.Cc1cc(=O)[nH]c(=S)[nH]1.Cc1cc(=O)[nH]c(SCc2ccc(Cl)nc2)n1.Clc1ccc(CBr)cn1.O=Cc1ccc(Cl)nc1.OCc1ccc(Cl)nc1.[B].[H-].[Na+]. The number of hydrogen-bond donors (Lipinski definition) is 4. The van der Waals surface area contributed by atoms with Crippen molar-refractivity contribution in [1.29, 1.82) is 0 Å². The molecule has 6 heterocycles. The molecular formula is C34H32BBr4Cl4N8NaO4PS2. The van der Waals surface area contributed by atoms with Crippen LogP contribution in [-0.2, 0) is 17.7 Å². The van der Waals surface area contributed by atoms with Crippen molar-refractivity contribution in [1.82, 2.24) is 39.9 Å². The number of aromatic amines is 3. The predicted molar refractivity (Wildman–Crippen MR) is 258 cm³/mol.